The Morgan fingerprint density at radius 3 is 2.30 bits per heavy atom. The van der Waals surface area contributed by atoms with Gasteiger partial charge in [0.2, 0.25) is 0 Å². The molecule has 0 aliphatic heterocycles. The van der Waals surface area contributed by atoms with E-state index in [1.165, 1.54) is 21.5 Å². The third-order valence-electron chi connectivity index (χ3n) is 5.63. The van der Waals surface area contributed by atoms with Crippen molar-refractivity contribution >= 4 is 32.4 Å². The molecule has 0 aliphatic rings. The van der Waals surface area contributed by atoms with E-state index in [0.717, 1.165) is 33.3 Å². The van der Waals surface area contributed by atoms with Gasteiger partial charge in [0, 0.05) is 46.9 Å². The number of hydrogen-bond donors (Lipinski definition) is 0. The molecule has 0 aliphatic carbocycles. The maximum absolute atomic E-state index is 4.73. The second kappa shape index (κ2) is 6.75. The molecule has 30 heavy (non-hydrogen) atoms. The Morgan fingerprint density at radius 1 is 0.533 bits per heavy atom. The Hall–Kier alpha value is -4.11. The molecule has 6 rings (SSSR count). The monoisotopic (exact) mass is 383 g/mol. The molecule has 3 heteroatoms. The van der Waals surface area contributed by atoms with Gasteiger partial charge in [0.05, 0.1) is 11.2 Å². The molecule has 0 unspecified atom stereocenters. The highest BCUT2D eigenvalue weighted by Gasteiger charge is 2.13. The molecule has 0 saturated heterocycles. The van der Waals surface area contributed by atoms with E-state index < -0.39 is 0 Å². The van der Waals surface area contributed by atoms with Gasteiger partial charge in [-0.1, -0.05) is 48.5 Å². The van der Waals surface area contributed by atoms with Gasteiger partial charge in [-0.05, 0) is 51.9 Å². The first-order chi connectivity index (χ1) is 14.9. The lowest BCUT2D eigenvalue weighted by molar-refractivity contribution is 1.28. The van der Waals surface area contributed by atoms with Crippen LogP contribution in [-0.4, -0.2) is 15.0 Å². The van der Waals surface area contributed by atoms with Crippen molar-refractivity contribution < 1.29 is 0 Å². The quantitative estimate of drug-likeness (QED) is 0.248. The van der Waals surface area contributed by atoms with Gasteiger partial charge in [0.1, 0.15) is 0 Å². The summed E-state index contributed by atoms with van der Waals surface area (Å²) in [6.45, 7) is 0. The normalized spacial score (nSPS) is 11.3. The van der Waals surface area contributed by atoms with Gasteiger partial charge in [-0.2, -0.15) is 0 Å². The Bertz CT molecular complexity index is 1520. The van der Waals surface area contributed by atoms with Crippen LogP contribution in [0.5, 0.6) is 0 Å². The summed E-state index contributed by atoms with van der Waals surface area (Å²) in [5, 5.41) is 6.05. The van der Waals surface area contributed by atoms with Crippen LogP contribution >= 0.6 is 0 Å². The fraction of sp³-hybridized carbons (Fsp3) is 0. The number of rotatable bonds is 2. The van der Waals surface area contributed by atoms with Gasteiger partial charge < -0.3 is 0 Å². The number of pyridine rings is 3. The van der Waals surface area contributed by atoms with Gasteiger partial charge in [-0.3, -0.25) is 15.0 Å². The van der Waals surface area contributed by atoms with E-state index in [4.69, 9.17) is 9.97 Å². The fourth-order valence-corrected chi connectivity index (χ4v) is 4.21. The van der Waals surface area contributed by atoms with Crippen molar-refractivity contribution in [2.24, 2.45) is 0 Å². The summed E-state index contributed by atoms with van der Waals surface area (Å²) in [5.41, 5.74) is 5.10. The van der Waals surface area contributed by atoms with Crippen molar-refractivity contribution in [2.45, 2.75) is 0 Å². The minimum Gasteiger partial charge on any atom is -0.264 e. The zero-order valence-corrected chi connectivity index (χ0v) is 16.2. The average Bonchev–Trinajstić information content (AvgIpc) is 2.83. The molecule has 0 spiro atoms. The first-order valence-corrected chi connectivity index (χ1v) is 9.94. The lowest BCUT2D eigenvalue weighted by Crippen LogP contribution is -1.91. The van der Waals surface area contributed by atoms with Crippen LogP contribution in [0.4, 0.5) is 0 Å². The maximum Gasteiger partial charge on any atom is 0.0787 e. The molecule has 3 aromatic carbocycles. The van der Waals surface area contributed by atoms with Gasteiger partial charge >= 0.3 is 0 Å². The second-order valence-corrected chi connectivity index (χ2v) is 7.38. The van der Waals surface area contributed by atoms with Gasteiger partial charge in [0.25, 0.3) is 0 Å². The molecule has 140 valence electrons. The predicted octanol–water partition coefficient (Wildman–Crippen LogP) is 6.67. The van der Waals surface area contributed by atoms with Crippen molar-refractivity contribution in [1.29, 1.82) is 0 Å². The zero-order chi connectivity index (χ0) is 19.9. The van der Waals surface area contributed by atoms with E-state index in [9.17, 15) is 0 Å². The third-order valence-corrected chi connectivity index (χ3v) is 5.63. The lowest BCUT2D eigenvalue weighted by atomic mass is 9.92. The fourth-order valence-electron chi connectivity index (χ4n) is 4.21. The molecule has 0 atom stereocenters. The number of nitrogens with zero attached hydrogens (tertiary/aromatic N) is 3. The summed E-state index contributed by atoms with van der Waals surface area (Å²) in [5.74, 6) is 0. The Kier molecular flexibility index (Phi) is 3.78. The first kappa shape index (κ1) is 16.8. The summed E-state index contributed by atoms with van der Waals surface area (Å²) in [4.78, 5) is 13.7. The van der Waals surface area contributed by atoms with Crippen molar-refractivity contribution in [3.8, 4) is 22.4 Å². The predicted molar refractivity (Wildman–Crippen MR) is 123 cm³/mol. The molecule has 0 amide bonds. The topological polar surface area (TPSA) is 38.7 Å². The number of benzene rings is 3. The van der Waals surface area contributed by atoms with Crippen LogP contribution in [0.15, 0.2) is 104 Å². The van der Waals surface area contributed by atoms with Crippen molar-refractivity contribution in [3.05, 3.63) is 104 Å². The lowest BCUT2D eigenvalue weighted by Gasteiger charge is -2.13. The highest BCUT2D eigenvalue weighted by atomic mass is 14.7. The van der Waals surface area contributed by atoms with Gasteiger partial charge in [-0.25, -0.2) is 0 Å². The number of fused-ring (bicyclic) bond motifs is 4. The third kappa shape index (κ3) is 2.64. The highest BCUT2D eigenvalue weighted by molar-refractivity contribution is 6.19. The van der Waals surface area contributed by atoms with E-state index >= 15 is 0 Å². The van der Waals surface area contributed by atoms with Crippen LogP contribution in [-0.2, 0) is 0 Å². The van der Waals surface area contributed by atoms with Crippen LogP contribution in [0, 0.1) is 0 Å². The Morgan fingerprint density at radius 2 is 1.43 bits per heavy atom. The molecular weight excluding hydrogens is 366 g/mol. The summed E-state index contributed by atoms with van der Waals surface area (Å²) >= 11 is 0. The Labute approximate surface area is 173 Å². The van der Waals surface area contributed by atoms with Crippen molar-refractivity contribution in [3.63, 3.8) is 0 Å². The highest BCUT2D eigenvalue weighted by Crippen LogP contribution is 2.38. The molecule has 0 radical (unpaired) electrons. The summed E-state index contributed by atoms with van der Waals surface area (Å²) in [7, 11) is 0. The zero-order valence-electron chi connectivity index (χ0n) is 16.2. The van der Waals surface area contributed by atoms with Crippen molar-refractivity contribution in [1.82, 2.24) is 15.0 Å². The first-order valence-electron chi connectivity index (χ1n) is 9.94. The van der Waals surface area contributed by atoms with Crippen LogP contribution < -0.4 is 0 Å². The minimum atomic E-state index is 0.912. The molecule has 0 saturated carbocycles. The van der Waals surface area contributed by atoms with Gasteiger partial charge in [0.15, 0.2) is 0 Å². The molecule has 0 fully saturated rings. The largest absolute Gasteiger partial charge is 0.264 e. The average molecular weight is 383 g/mol. The summed E-state index contributed by atoms with van der Waals surface area (Å²) < 4.78 is 0. The molecule has 6 aromatic rings. The Balaban J connectivity index is 1.65. The molecule has 3 aromatic heterocycles. The molecule has 0 bridgehead atoms. The second-order valence-electron chi connectivity index (χ2n) is 7.38. The van der Waals surface area contributed by atoms with Crippen LogP contribution in [0.3, 0.4) is 0 Å². The van der Waals surface area contributed by atoms with E-state index in [1.54, 1.807) is 6.20 Å². The van der Waals surface area contributed by atoms with E-state index in [-0.39, 0.29) is 0 Å². The number of aromatic nitrogens is 3. The summed E-state index contributed by atoms with van der Waals surface area (Å²) in [6, 6.07) is 27.4. The van der Waals surface area contributed by atoms with E-state index in [1.807, 2.05) is 36.8 Å². The van der Waals surface area contributed by atoms with Crippen LogP contribution in [0.1, 0.15) is 0 Å². The van der Waals surface area contributed by atoms with Gasteiger partial charge in [-0.15, -0.1) is 0 Å². The smallest absolute Gasteiger partial charge is 0.0787 e. The standard InChI is InChI=1S/C27H17N3/c1-2-8-22-18(5-1)9-11-23-24(22)15-19-6-4-14-29-27(19)26(23)21-10-12-25(30-17-21)20-7-3-13-28-16-20/h1-17H. The maximum atomic E-state index is 4.73. The van der Waals surface area contributed by atoms with E-state index in [2.05, 4.69) is 65.6 Å². The molecule has 3 nitrogen and oxygen atoms in total. The molecule has 0 N–H and O–H groups in total. The summed E-state index contributed by atoms with van der Waals surface area (Å²) in [6.07, 6.45) is 7.41. The minimum absolute atomic E-state index is 0.912. The molecular formula is C27H17N3. The van der Waals surface area contributed by atoms with Crippen LogP contribution in [0.25, 0.3) is 54.8 Å². The molecule has 3 heterocycles. The SMILES string of the molecule is c1cncc(-c2ccc(-c3c4ccc5ccccc5c4cc4cccnc34)cn2)c1. The van der Waals surface area contributed by atoms with Crippen molar-refractivity contribution in [2.75, 3.05) is 0 Å². The van der Waals surface area contributed by atoms with E-state index in [0.29, 0.717) is 0 Å². The van der Waals surface area contributed by atoms with Crippen LogP contribution in [0.2, 0.25) is 0 Å². The number of hydrogen-bond acceptors (Lipinski definition) is 3.